The monoisotopic (exact) mass is 290 g/mol. The number of aryl methyl sites for hydroxylation is 1. The average Bonchev–Trinajstić information content (AvgIpc) is 2.91. The van der Waals surface area contributed by atoms with Crippen molar-refractivity contribution in [2.75, 3.05) is 12.3 Å². The molecule has 0 aliphatic rings. The molecule has 0 aromatic carbocycles. The van der Waals surface area contributed by atoms with Gasteiger partial charge in [0.05, 0.1) is 11.2 Å². The number of thiazole rings is 1. The number of aromatic nitrogens is 2. The highest BCUT2D eigenvalue weighted by molar-refractivity contribution is 7.07. The molecular formula is C14H18N4OS. The van der Waals surface area contributed by atoms with Gasteiger partial charge in [0.25, 0.3) is 5.91 Å². The minimum absolute atomic E-state index is 0.119. The second-order valence-corrected chi connectivity index (χ2v) is 5.23. The van der Waals surface area contributed by atoms with Crippen molar-refractivity contribution >= 4 is 23.1 Å². The van der Waals surface area contributed by atoms with Gasteiger partial charge >= 0.3 is 0 Å². The van der Waals surface area contributed by atoms with Crippen molar-refractivity contribution < 1.29 is 4.79 Å². The minimum atomic E-state index is -0.119. The molecule has 3 N–H and O–H groups in total. The third-order valence-electron chi connectivity index (χ3n) is 2.82. The molecule has 0 unspecified atom stereocenters. The molecule has 0 aliphatic heterocycles. The molecule has 0 atom stereocenters. The summed E-state index contributed by atoms with van der Waals surface area (Å²) in [6, 6.07) is 3.41. The van der Waals surface area contributed by atoms with Crippen LogP contribution in [0.5, 0.6) is 0 Å². The summed E-state index contributed by atoms with van der Waals surface area (Å²) in [5.41, 5.74) is 9.95. The number of carbonyl (C=O) groups excluding carboxylic acids is 1. The van der Waals surface area contributed by atoms with Gasteiger partial charge in [-0.2, -0.15) is 0 Å². The number of rotatable bonds is 6. The first kappa shape index (κ1) is 14.5. The predicted molar refractivity (Wildman–Crippen MR) is 80.8 cm³/mol. The zero-order valence-corrected chi connectivity index (χ0v) is 12.2. The number of pyridine rings is 1. The summed E-state index contributed by atoms with van der Waals surface area (Å²) in [6.07, 6.45) is 2.53. The maximum atomic E-state index is 12.1. The molecule has 5 nitrogen and oxygen atoms in total. The molecule has 106 valence electrons. The van der Waals surface area contributed by atoms with E-state index in [0.29, 0.717) is 17.9 Å². The summed E-state index contributed by atoms with van der Waals surface area (Å²) in [5.74, 6) is 0.271. The third kappa shape index (κ3) is 4.03. The van der Waals surface area contributed by atoms with Crippen LogP contribution < -0.4 is 11.1 Å². The molecule has 0 saturated carbocycles. The van der Waals surface area contributed by atoms with Crippen molar-refractivity contribution in [2.45, 2.75) is 26.2 Å². The molecule has 2 aromatic rings. The first-order valence-corrected chi connectivity index (χ1v) is 7.55. The summed E-state index contributed by atoms with van der Waals surface area (Å²) in [5, 5.41) is 4.86. The fraction of sp³-hybridized carbons (Fsp3) is 0.357. The highest BCUT2D eigenvalue weighted by Gasteiger charge is 2.08. The Kier molecular flexibility index (Phi) is 5.06. The van der Waals surface area contributed by atoms with Crippen molar-refractivity contribution in [2.24, 2.45) is 0 Å². The van der Waals surface area contributed by atoms with E-state index in [-0.39, 0.29) is 5.91 Å². The van der Waals surface area contributed by atoms with Gasteiger partial charge in [0.1, 0.15) is 5.82 Å². The van der Waals surface area contributed by atoms with Gasteiger partial charge in [-0.15, -0.1) is 11.3 Å². The largest absolute Gasteiger partial charge is 0.384 e. The van der Waals surface area contributed by atoms with Gasteiger partial charge in [-0.1, -0.05) is 13.3 Å². The summed E-state index contributed by atoms with van der Waals surface area (Å²) in [7, 11) is 0. The van der Waals surface area contributed by atoms with E-state index >= 15 is 0 Å². The topological polar surface area (TPSA) is 80.9 Å². The zero-order chi connectivity index (χ0) is 14.4. The van der Waals surface area contributed by atoms with Gasteiger partial charge in [0.15, 0.2) is 0 Å². The maximum absolute atomic E-state index is 12.1. The van der Waals surface area contributed by atoms with Crippen LogP contribution in [-0.2, 0) is 12.8 Å². The van der Waals surface area contributed by atoms with Gasteiger partial charge in [0.2, 0.25) is 0 Å². The standard InChI is InChI=1S/C14H18N4OS/c1-2-3-11-6-10(7-13(15)18-11)14(19)16-5-4-12-8-20-9-17-12/h6-9H,2-5H2,1H3,(H2,15,18)(H,16,19). The lowest BCUT2D eigenvalue weighted by Crippen LogP contribution is -2.26. The van der Waals surface area contributed by atoms with Crippen LogP contribution >= 0.6 is 11.3 Å². The van der Waals surface area contributed by atoms with Gasteiger partial charge in [0, 0.05) is 29.6 Å². The number of hydrogen-bond acceptors (Lipinski definition) is 5. The van der Waals surface area contributed by atoms with Gasteiger partial charge in [-0.05, 0) is 18.6 Å². The molecule has 20 heavy (non-hydrogen) atoms. The molecule has 2 aromatic heterocycles. The molecule has 0 saturated heterocycles. The molecule has 2 heterocycles. The second-order valence-electron chi connectivity index (χ2n) is 4.51. The molecule has 0 bridgehead atoms. The van der Waals surface area contributed by atoms with Gasteiger partial charge in [-0.3, -0.25) is 4.79 Å². The lowest BCUT2D eigenvalue weighted by molar-refractivity contribution is 0.0954. The van der Waals surface area contributed by atoms with Crippen LogP contribution in [0.4, 0.5) is 5.82 Å². The first-order chi connectivity index (χ1) is 9.69. The molecule has 0 aliphatic carbocycles. The number of nitrogen functional groups attached to an aromatic ring is 1. The molecular weight excluding hydrogens is 272 g/mol. The highest BCUT2D eigenvalue weighted by atomic mass is 32.1. The Morgan fingerprint density at radius 1 is 1.35 bits per heavy atom. The van der Waals surface area contributed by atoms with E-state index in [0.717, 1.165) is 30.7 Å². The summed E-state index contributed by atoms with van der Waals surface area (Å²) in [6.45, 7) is 2.63. The molecule has 0 fully saturated rings. The van der Waals surface area contributed by atoms with Crippen molar-refractivity contribution in [1.29, 1.82) is 0 Å². The average molecular weight is 290 g/mol. The van der Waals surface area contributed by atoms with Gasteiger partial charge < -0.3 is 11.1 Å². The fourth-order valence-electron chi connectivity index (χ4n) is 1.89. The van der Waals surface area contributed by atoms with E-state index in [1.807, 2.05) is 5.38 Å². The normalized spacial score (nSPS) is 10.4. The zero-order valence-electron chi connectivity index (χ0n) is 11.4. The quantitative estimate of drug-likeness (QED) is 0.853. The smallest absolute Gasteiger partial charge is 0.251 e. The number of nitrogens with zero attached hydrogens (tertiary/aromatic N) is 2. The molecule has 6 heteroatoms. The Bertz CT molecular complexity index is 569. The van der Waals surface area contributed by atoms with Crippen molar-refractivity contribution in [3.8, 4) is 0 Å². The van der Waals surface area contributed by atoms with E-state index in [1.54, 1.807) is 29.0 Å². The van der Waals surface area contributed by atoms with Crippen LogP contribution in [0, 0.1) is 0 Å². The molecule has 1 amide bonds. The Labute approximate surface area is 122 Å². The van der Waals surface area contributed by atoms with E-state index in [1.165, 1.54) is 0 Å². The van der Waals surface area contributed by atoms with E-state index in [4.69, 9.17) is 5.73 Å². The Hall–Kier alpha value is -1.95. The number of hydrogen-bond donors (Lipinski definition) is 2. The van der Waals surface area contributed by atoms with Crippen molar-refractivity contribution in [3.63, 3.8) is 0 Å². The van der Waals surface area contributed by atoms with Crippen LogP contribution in [0.25, 0.3) is 0 Å². The lowest BCUT2D eigenvalue weighted by Gasteiger charge is -2.07. The molecule has 2 rings (SSSR count). The van der Waals surface area contributed by atoms with Crippen molar-refractivity contribution in [3.05, 3.63) is 40.0 Å². The van der Waals surface area contributed by atoms with E-state index in [2.05, 4.69) is 22.2 Å². The summed E-state index contributed by atoms with van der Waals surface area (Å²) in [4.78, 5) is 20.5. The van der Waals surface area contributed by atoms with Crippen LogP contribution in [0.3, 0.4) is 0 Å². The number of anilines is 1. The van der Waals surface area contributed by atoms with E-state index < -0.39 is 0 Å². The number of nitrogens with two attached hydrogens (primary N) is 1. The molecule has 0 spiro atoms. The SMILES string of the molecule is CCCc1cc(C(=O)NCCc2cscn2)cc(N)n1. The number of nitrogens with one attached hydrogen (secondary N) is 1. The number of amides is 1. The Morgan fingerprint density at radius 2 is 2.20 bits per heavy atom. The predicted octanol–water partition coefficient (Wildman–Crippen LogP) is 2.05. The Morgan fingerprint density at radius 3 is 2.90 bits per heavy atom. The lowest BCUT2D eigenvalue weighted by atomic mass is 10.1. The Balaban J connectivity index is 1.94. The van der Waals surface area contributed by atoms with Crippen LogP contribution in [-0.4, -0.2) is 22.4 Å². The van der Waals surface area contributed by atoms with Crippen LogP contribution in [0.2, 0.25) is 0 Å². The minimum Gasteiger partial charge on any atom is -0.384 e. The van der Waals surface area contributed by atoms with Gasteiger partial charge in [-0.25, -0.2) is 9.97 Å². The highest BCUT2D eigenvalue weighted by Crippen LogP contribution is 2.09. The van der Waals surface area contributed by atoms with Crippen LogP contribution in [0.1, 0.15) is 35.1 Å². The fourth-order valence-corrected chi connectivity index (χ4v) is 2.49. The summed E-state index contributed by atoms with van der Waals surface area (Å²) >= 11 is 1.56. The second kappa shape index (κ2) is 7.00. The maximum Gasteiger partial charge on any atom is 0.251 e. The van der Waals surface area contributed by atoms with Crippen molar-refractivity contribution in [1.82, 2.24) is 15.3 Å². The first-order valence-electron chi connectivity index (χ1n) is 6.60. The summed E-state index contributed by atoms with van der Waals surface area (Å²) < 4.78 is 0. The molecule has 0 radical (unpaired) electrons. The number of carbonyl (C=O) groups is 1. The van der Waals surface area contributed by atoms with Crippen LogP contribution in [0.15, 0.2) is 23.0 Å². The van der Waals surface area contributed by atoms with E-state index in [9.17, 15) is 4.79 Å². The third-order valence-corrected chi connectivity index (χ3v) is 3.45.